The van der Waals surface area contributed by atoms with Gasteiger partial charge in [0, 0.05) is 23.0 Å². The number of benzene rings is 1. The number of aryl methyl sites for hydroxylation is 2. The summed E-state index contributed by atoms with van der Waals surface area (Å²) in [5.74, 6) is 0.481. The highest BCUT2D eigenvalue weighted by atomic mass is 19.4. The lowest BCUT2D eigenvalue weighted by molar-refractivity contribution is -0.274. The Bertz CT molecular complexity index is 1210. The Labute approximate surface area is 188 Å². The van der Waals surface area contributed by atoms with E-state index in [-0.39, 0.29) is 18.0 Å². The SMILES string of the molecule is C=CCOc1c(C)c(C)nc(C)c1COc1cnn(-c2ccc(OC(F)(F)F)cc2)c(=O)c1. The van der Waals surface area contributed by atoms with Crippen molar-refractivity contribution in [3.05, 3.63) is 82.1 Å². The fourth-order valence-corrected chi connectivity index (χ4v) is 3.07. The Kier molecular flexibility index (Phi) is 7.05. The van der Waals surface area contributed by atoms with Crippen molar-refractivity contribution in [2.45, 2.75) is 33.7 Å². The first-order valence-electron chi connectivity index (χ1n) is 9.87. The number of nitrogens with zero attached hydrogens (tertiary/aromatic N) is 3. The molecule has 0 spiro atoms. The summed E-state index contributed by atoms with van der Waals surface area (Å²) in [6.07, 6.45) is -1.81. The standard InChI is InChI=1S/C23H22F3N3O4/c1-5-10-31-22-14(2)15(3)28-16(4)20(22)13-32-19-11-21(30)29(27-12-19)17-6-8-18(9-7-17)33-23(24,25)26/h5-9,11-12H,1,10,13H2,2-4H3. The molecule has 0 saturated carbocycles. The largest absolute Gasteiger partial charge is 0.573 e. The number of halogens is 3. The average molecular weight is 461 g/mol. The van der Waals surface area contributed by atoms with Gasteiger partial charge in [0.2, 0.25) is 0 Å². The zero-order valence-corrected chi connectivity index (χ0v) is 18.3. The van der Waals surface area contributed by atoms with Gasteiger partial charge < -0.3 is 14.2 Å². The number of hydrogen-bond acceptors (Lipinski definition) is 6. The molecule has 0 aliphatic heterocycles. The van der Waals surface area contributed by atoms with Gasteiger partial charge in [0.25, 0.3) is 5.56 Å². The van der Waals surface area contributed by atoms with Gasteiger partial charge in [-0.1, -0.05) is 12.7 Å². The Morgan fingerprint density at radius 3 is 2.36 bits per heavy atom. The van der Waals surface area contributed by atoms with Crippen LogP contribution in [0.3, 0.4) is 0 Å². The Hall–Kier alpha value is -3.82. The zero-order valence-electron chi connectivity index (χ0n) is 18.3. The van der Waals surface area contributed by atoms with Crippen molar-refractivity contribution >= 4 is 0 Å². The minimum atomic E-state index is -4.80. The molecule has 0 fully saturated rings. The summed E-state index contributed by atoms with van der Waals surface area (Å²) in [6, 6.07) is 6.02. The minimum absolute atomic E-state index is 0.0983. The van der Waals surface area contributed by atoms with Crippen molar-refractivity contribution in [2.24, 2.45) is 0 Å². The topological polar surface area (TPSA) is 75.5 Å². The molecule has 2 aromatic heterocycles. The van der Waals surface area contributed by atoms with E-state index in [1.165, 1.54) is 24.4 Å². The van der Waals surface area contributed by atoms with Crippen LogP contribution in [0.1, 0.15) is 22.5 Å². The first-order chi connectivity index (χ1) is 15.6. The molecule has 3 rings (SSSR count). The van der Waals surface area contributed by atoms with E-state index in [0.29, 0.717) is 12.4 Å². The quantitative estimate of drug-likeness (QED) is 0.457. The van der Waals surface area contributed by atoms with E-state index in [0.717, 1.165) is 39.3 Å². The molecule has 3 aromatic rings. The van der Waals surface area contributed by atoms with Gasteiger partial charge in [0.05, 0.1) is 17.4 Å². The lowest BCUT2D eigenvalue weighted by Gasteiger charge is -2.17. The van der Waals surface area contributed by atoms with Crippen LogP contribution >= 0.6 is 0 Å². The van der Waals surface area contributed by atoms with Crippen LogP contribution < -0.4 is 19.8 Å². The van der Waals surface area contributed by atoms with Crippen LogP contribution in [-0.4, -0.2) is 27.7 Å². The smallest absolute Gasteiger partial charge is 0.489 e. The zero-order chi connectivity index (χ0) is 24.2. The van der Waals surface area contributed by atoms with Crippen LogP contribution in [0, 0.1) is 20.8 Å². The third-order valence-electron chi connectivity index (χ3n) is 4.75. The van der Waals surface area contributed by atoms with Crippen molar-refractivity contribution in [1.82, 2.24) is 14.8 Å². The average Bonchev–Trinajstić information content (AvgIpc) is 2.74. The van der Waals surface area contributed by atoms with E-state index in [2.05, 4.69) is 21.4 Å². The van der Waals surface area contributed by atoms with Crippen LogP contribution in [0.4, 0.5) is 13.2 Å². The maximum atomic E-state index is 12.5. The lowest BCUT2D eigenvalue weighted by Crippen LogP contribution is -2.20. The molecule has 0 bridgehead atoms. The predicted molar refractivity (Wildman–Crippen MR) is 115 cm³/mol. The van der Waals surface area contributed by atoms with E-state index in [1.807, 2.05) is 20.8 Å². The molecular weight excluding hydrogens is 439 g/mol. The van der Waals surface area contributed by atoms with Gasteiger partial charge >= 0.3 is 6.36 Å². The molecule has 0 unspecified atom stereocenters. The van der Waals surface area contributed by atoms with Gasteiger partial charge in [-0.25, -0.2) is 0 Å². The number of pyridine rings is 1. The van der Waals surface area contributed by atoms with Crippen molar-refractivity contribution in [3.63, 3.8) is 0 Å². The van der Waals surface area contributed by atoms with Gasteiger partial charge in [-0.3, -0.25) is 9.78 Å². The van der Waals surface area contributed by atoms with Crippen molar-refractivity contribution in [3.8, 4) is 22.9 Å². The summed E-state index contributed by atoms with van der Waals surface area (Å²) in [5, 5.41) is 4.05. The van der Waals surface area contributed by atoms with Crippen LogP contribution in [0.2, 0.25) is 0 Å². The van der Waals surface area contributed by atoms with Gasteiger partial charge in [0.1, 0.15) is 30.5 Å². The van der Waals surface area contributed by atoms with Crippen LogP contribution in [0.15, 0.2) is 54.0 Å². The molecule has 2 heterocycles. The molecule has 0 aliphatic carbocycles. The fraction of sp³-hybridized carbons (Fsp3) is 0.261. The lowest BCUT2D eigenvalue weighted by atomic mass is 10.1. The first kappa shape index (κ1) is 23.8. The second-order valence-electron chi connectivity index (χ2n) is 7.09. The summed E-state index contributed by atoms with van der Waals surface area (Å²) in [5.41, 5.74) is 2.95. The van der Waals surface area contributed by atoms with E-state index >= 15 is 0 Å². The monoisotopic (exact) mass is 461 g/mol. The molecule has 10 heteroatoms. The molecule has 0 amide bonds. The highest BCUT2D eigenvalue weighted by Gasteiger charge is 2.31. The highest BCUT2D eigenvalue weighted by Crippen LogP contribution is 2.29. The molecule has 0 N–H and O–H groups in total. The molecule has 0 saturated heterocycles. The van der Waals surface area contributed by atoms with Crippen LogP contribution in [-0.2, 0) is 6.61 Å². The number of hydrogen-bond donors (Lipinski definition) is 0. The molecule has 0 atom stereocenters. The number of alkyl halides is 3. The highest BCUT2D eigenvalue weighted by molar-refractivity contribution is 5.45. The van der Waals surface area contributed by atoms with Gasteiger partial charge in [0.15, 0.2) is 0 Å². The molecule has 7 nitrogen and oxygen atoms in total. The Morgan fingerprint density at radius 1 is 1.06 bits per heavy atom. The second kappa shape index (κ2) is 9.76. The number of ether oxygens (including phenoxy) is 3. The van der Waals surface area contributed by atoms with E-state index in [9.17, 15) is 18.0 Å². The van der Waals surface area contributed by atoms with E-state index in [1.54, 1.807) is 6.08 Å². The normalized spacial score (nSPS) is 11.2. The van der Waals surface area contributed by atoms with Crippen LogP contribution in [0.5, 0.6) is 17.2 Å². The van der Waals surface area contributed by atoms with Crippen molar-refractivity contribution in [2.75, 3.05) is 6.61 Å². The Balaban J connectivity index is 1.79. The summed E-state index contributed by atoms with van der Waals surface area (Å²) >= 11 is 0. The summed E-state index contributed by atoms with van der Waals surface area (Å²) in [6.45, 7) is 9.71. The minimum Gasteiger partial charge on any atom is -0.489 e. The maximum absolute atomic E-state index is 12.5. The molecular formula is C23H22F3N3O4. The fourth-order valence-electron chi connectivity index (χ4n) is 3.07. The third kappa shape index (κ3) is 5.91. The molecule has 33 heavy (non-hydrogen) atoms. The third-order valence-corrected chi connectivity index (χ3v) is 4.75. The first-order valence-corrected chi connectivity index (χ1v) is 9.87. The summed E-state index contributed by atoms with van der Waals surface area (Å²) < 4.78 is 53.3. The summed E-state index contributed by atoms with van der Waals surface area (Å²) in [4.78, 5) is 17.0. The maximum Gasteiger partial charge on any atom is 0.573 e. The molecule has 0 aliphatic rings. The molecule has 1 aromatic carbocycles. The Morgan fingerprint density at radius 2 is 1.76 bits per heavy atom. The van der Waals surface area contributed by atoms with Crippen LogP contribution in [0.25, 0.3) is 5.69 Å². The van der Waals surface area contributed by atoms with Gasteiger partial charge in [-0.15, -0.1) is 13.2 Å². The molecule has 0 radical (unpaired) electrons. The number of aromatic nitrogens is 3. The van der Waals surface area contributed by atoms with Gasteiger partial charge in [-0.2, -0.15) is 9.78 Å². The van der Waals surface area contributed by atoms with Gasteiger partial charge in [-0.05, 0) is 45.0 Å². The second-order valence-corrected chi connectivity index (χ2v) is 7.09. The van der Waals surface area contributed by atoms with Crippen molar-refractivity contribution in [1.29, 1.82) is 0 Å². The van der Waals surface area contributed by atoms with E-state index in [4.69, 9.17) is 9.47 Å². The van der Waals surface area contributed by atoms with E-state index < -0.39 is 17.7 Å². The predicted octanol–water partition coefficient (Wildman–Crippen LogP) is 4.60. The van der Waals surface area contributed by atoms with Crippen molar-refractivity contribution < 1.29 is 27.4 Å². The molecule has 174 valence electrons. The summed E-state index contributed by atoms with van der Waals surface area (Å²) in [7, 11) is 0. The number of rotatable bonds is 8.